The van der Waals surface area contributed by atoms with Gasteiger partial charge in [-0.25, -0.2) is 13.6 Å². The Hall–Kier alpha value is -2.34. The number of aliphatic hydroxyl groups is 3. The second-order valence-electron chi connectivity index (χ2n) is 8.28. The predicted molar refractivity (Wildman–Crippen MR) is 124 cm³/mol. The van der Waals surface area contributed by atoms with Gasteiger partial charge in [-0.05, 0) is 48.2 Å². The highest BCUT2D eigenvalue weighted by atomic mass is 32.2. The largest absolute Gasteiger partial charge is 0.395 e. The molecular formula is C23H31N3O6S. The van der Waals surface area contributed by atoms with Crippen molar-refractivity contribution in [3.05, 3.63) is 54.1 Å². The summed E-state index contributed by atoms with van der Waals surface area (Å²) in [6.07, 6.45) is -0.714. The van der Waals surface area contributed by atoms with Crippen molar-refractivity contribution in [3.8, 4) is 11.1 Å². The van der Waals surface area contributed by atoms with Gasteiger partial charge in [-0.3, -0.25) is 9.69 Å². The van der Waals surface area contributed by atoms with Crippen LogP contribution in [0.2, 0.25) is 0 Å². The van der Waals surface area contributed by atoms with Crippen LogP contribution in [-0.4, -0.2) is 79.0 Å². The second-order valence-corrected chi connectivity index (χ2v) is 9.84. The second kappa shape index (κ2) is 10.7. The third-order valence-electron chi connectivity index (χ3n) is 6.20. The quantitative estimate of drug-likeness (QED) is 0.336. The number of nitrogens with one attached hydrogen (secondary N) is 1. The molecule has 33 heavy (non-hydrogen) atoms. The summed E-state index contributed by atoms with van der Waals surface area (Å²) in [5.74, 6) is -0.234. The number of hydrogen-bond acceptors (Lipinski definition) is 7. The van der Waals surface area contributed by atoms with Gasteiger partial charge in [0.2, 0.25) is 15.9 Å². The number of carbonyl (C=O) groups excluding carboxylic acids is 1. The number of nitrogens with zero attached hydrogens (tertiary/aromatic N) is 1. The molecular weight excluding hydrogens is 446 g/mol. The summed E-state index contributed by atoms with van der Waals surface area (Å²) in [5.41, 5.74) is 2.90. The van der Waals surface area contributed by atoms with Crippen molar-refractivity contribution in [2.75, 3.05) is 20.2 Å². The highest BCUT2D eigenvalue weighted by Crippen LogP contribution is 2.28. The average molecular weight is 478 g/mol. The smallest absolute Gasteiger partial charge is 0.238 e. The van der Waals surface area contributed by atoms with E-state index in [1.54, 1.807) is 12.1 Å². The Balaban J connectivity index is 1.62. The molecule has 6 N–H and O–H groups in total. The molecule has 1 saturated heterocycles. The molecule has 0 aliphatic carbocycles. The van der Waals surface area contributed by atoms with Crippen molar-refractivity contribution in [1.82, 2.24) is 10.2 Å². The molecule has 2 aromatic carbocycles. The van der Waals surface area contributed by atoms with Crippen LogP contribution >= 0.6 is 0 Å². The zero-order valence-electron chi connectivity index (χ0n) is 18.5. The average Bonchev–Trinajstić information content (AvgIpc) is 3.02. The van der Waals surface area contributed by atoms with E-state index in [1.165, 1.54) is 19.2 Å². The van der Waals surface area contributed by atoms with Crippen molar-refractivity contribution in [1.29, 1.82) is 0 Å². The number of aliphatic hydroxyl groups excluding tert-OH is 3. The number of nitrogens with two attached hydrogens (primary N) is 1. The van der Waals surface area contributed by atoms with E-state index in [4.69, 9.17) is 5.14 Å². The third kappa shape index (κ3) is 5.97. The van der Waals surface area contributed by atoms with Crippen LogP contribution in [0, 0.1) is 0 Å². The first kappa shape index (κ1) is 25.3. The number of amides is 1. The molecule has 9 nitrogen and oxygen atoms in total. The number of hydrogen-bond donors (Lipinski definition) is 5. The van der Waals surface area contributed by atoms with Gasteiger partial charge in [0.25, 0.3) is 0 Å². The zero-order valence-corrected chi connectivity index (χ0v) is 19.3. The van der Waals surface area contributed by atoms with Gasteiger partial charge in [0.15, 0.2) is 0 Å². The van der Waals surface area contributed by atoms with Crippen molar-refractivity contribution < 1.29 is 28.5 Å². The Bertz CT molecular complexity index is 1040. The van der Waals surface area contributed by atoms with E-state index in [2.05, 4.69) is 5.32 Å². The topological polar surface area (TPSA) is 153 Å². The highest BCUT2D eigenvalue weighted by Gasteiger charge is 2.47. The molecule has 1 aliphatic heterocycles. The van der Waals surface area contributed by atoms with Crippen LogP contribution < -0.4 is 10.5 Å². The van der Waals surface area contributed by atoms with E-state index in [0.29, 0.717) is 13.0 Å². The summed E-state index contributed by atoms with van der Waals surface area (Å²) in [6, 6.07) is 13.1. The molecule has 2 aromatic rings. The SMILES string of the molecule is CNC(=O)CC1[C@@H](O)[C@H](O)[C@@H](CO)N1CCCc1ccc(-c2ccc(S(N)(=O)=O)cc2)cc1. The van der Waals surface area contributed by atoms with Crippen molar-refractivity contribution in [2.45, 2.75) is 48.4 Å². The van der Waals surface area contributed by atoms with E-state index < -0.39 is 34.3 Å². The van der Waals surface area contributed by atoms with E-state index in [0.717, 1.165) is 23.1 Å². The molecule has 0 spiro atoms. The maximum absolute atomic E-state index is 11.8. The van der Waals surface area contributed by atoms with Gasteiger partial charge in [0.1, 0.15) is 0 Å². The van der Waals surface area contributed by atoms with Crippen LogP contribution in [-0.2, 0) is 21.2 Å². The number of rotatable bonds is 9. The molecule has 1 amide bonds. The van der Waals surface area contributed by atoms with Gasteiger partial charge >= 0.3 is 0 Å². The minimum Gasteiger partial charge on any atom is -0.395 e. The molecule has 0 bridgehead atoms. The van der Waals surface area contributed by atoms with Gasteiger partial charge in [-0.15, -0.1) is 0 Å². The van der Waals surface area contributed by atoms with E-state index in [1.807, 2.05) is 29.2 Å². The summed E-state index contributed by atoms with van der Waals surface area (Å²) in [4.78, 5) is 13.7. The molecule has 1 fully saturated rings. The molecule has 1 unspecified atom stereocenters. The lowest BCUT2D eigenvalue weighted by molar-refractivity contribution is -0.122. The Kier molecular flexibility index (Phi) is 8.22. The number of sulfonamides is 1. The number of benzene rings is 2. The van der Waals surface area contributed by atoms with Crippen LogP contribution in [0.4, 0.5) is 0 Å². The third-order valence-corrected chi connectivity index (χ3v) is 7.13. The molecule has 0 saturated carbocycles. The van der Waals surface area contributed by atoms with Crippen LogP contribution in [0.1, 0.15) is 18.4 Å². The normalized spacial score (nSPS) is 23.5. The van der Waals surface area contributed by atoms with Crippen LogP contribution in [0.3, 0.4) is 0 Å². The van der Waals surface area contributed by atoms with Crippen LogP contribution in [0.15, 0.2) is 53.4 Å². The van der Waals surface area contributed by atoms with Gasteiger partial charge in [-0.2, -0.15) is 0 Å². The molecule has 0 radical (unpaired) electrons. The lowest BCUT2D eigenvalue weighted by atomic mass is 10.0. The lowest BCUT2D eigenvalue weighted by Crippen LogP contribution is -2.44. The minimum absolute atomic E-state index is 0.0458. The fraction of sp³-hybridized carbons (Fsp3) is 0.435. The number of likely N-dealkylation sites (tertiary alicyclic amines) is 1. The predicted octanol–water partition coefficient (Wildman–Crippen LogP) is -0.163. The van der Waals surface area contributed by atoms with E-state index >= 15 is 0 Å². The van der Waals surface area contributed by atoms with Crippen molar-refractivity contribution in [3.63, 3.8) is 0 Å². The van der Waals surface area contributed by atoms with Crippen molar-refractivity contribution in [2.24, 2.45) is 5.14 Å². The van der Waals surface area contributed by atoms with E-state index in [-0.39, 0.29) is 23.8 Å². The zero-order chi connectivity index (χ0) is 24.2. The molecule has 1 aliphatic rings. The first-order chi connectivity index (χ1) is 15.7. The van der Waals surface area contributed by atoms with Crippen LogP contribution in [0.5, 0.6) is 0 Å². The molecule has 4 atom stereocenters. The summed E-state index contributed by atoms with van der Waals surface area (Å²) < 4.78 is 22.8. The Morgan fingerprint density at radius 1 is 1.00 bits per heavy atom. The molecule has 0 aromatic heterocycles. The van der Waals surface area contributed by atoms with Gasteiger partial charge in [0, 0.05) is 19.5 Å². The molecule has 10 heteroatoms. The van der Waals surface area contributed by atoms with Gasteiger partial charge in [0.05, 0.1) is 29.8 Å². The maximum atomic E-state index is 11.8. The monoisotopic (exact) mass is 477 g/mol. The molecule has 3 rings (SSSR count). The first-order valence-electron chi connectivity index (χ1n) is 10.8. The van der Waals surface area contributed by atoms with Crippen LogP contribution in [0.25, 0.3) is 11.1 Å². The van der Waals surface area contributed by atoms with Crippen molar-refractivity contribution >= 4 is 15.9 Å². The Morgan fingerprint density at radius 3 is 2.06 bits per heavy atom. The molecule has 180 valence electrons. The Labute approximate surface area is 193 Å². The Morgan fingerprint density at radius 2 is 1.55 bits per heavy atom. The summed E-state index contributed by atoms with van der Waals surface area (Å²) in [5, 5.41) is 38.0. The number of primary sulfonamides is 1. The summed E-state index contributed by atoms with van der Waals surface area (Å²) in [7, 11) is -2.20. The standard InChI is InChI=1S/C23H31N3O6S/c1-25-21(28)13-19-22(29)23(30)20(14-27)26(19)12-2-3-15-4-6-16(7-5-15)17-8-10-18(11-9-17)33(24,31)32/h4-11,19-20,22-23,27,29-30H,2-3,12-14H2,1H3,(H,25,28)(H2,24,31,32)/t19?,20-,22-,23-/m1/s1. The first-order valence-corrected chi connectivity index (χ1v) is 12.4. The lowest BCUT2D eigenvalue weighted by Gasteiger charge is -2.29. The maximum Gasteiger partial charge on any atom is 0.238 e. The van der Waals surface area contributed by atoms with E-state index in [9.17, 15) is 28.5 Å². The summed E-state index contributed by atoms with van der Waals surface area (Å²) >= 11 is 0. The molecule has 1 heterocycles. The summed E-state index contributed by atoms with van der Waals surface area (Å²) in [6.45, 7) is 0.208. The number of carbonyl (C=O) groups is 1. The fourth-order valence-corrected chi connectivity index (χ4v) is 4.85. The fourth-order valence-electron chi connectivity index (χ4n) is 4.33. The van der Waals surface area contributed by atoms with Gasteiger partial charge in [-0.1, -0.05) is 36.4 Å². The number of aryl methyl sites for hydroxylation is 1. The minimum atomic E-state index is -3.72. The highest BCUT2D eigenvalue weighted by molar-refractivity contribution is 7.89. The van der Waals surface area contributed by atoms with Gasteiger partial charge < -0.3 is 20.6 Å².